The number of hydrogen-bond acceptors (Lipinski definition) is 5. The maximum absolute atomic E-state index is 13.0. The second kappa shape index (κ2) is 10.4. The van der Waals surface area contributed by atoms with Crippen LogP contribution >= 0.6 is 11.6 Å². The second-order valence-corrected chi connectivity index (χ2v) is 6.48. The van der Waals surface area contributed by atoms with Crippen LogP contribution in [0.1, 0.15) is 29.2 Å². The van der Waals surface area contributed by atoms with Crippen molar-refractivity contribution in [3.63, 3.8) is 0 Å². The van der Waals surface area contributed by atoms with Crippen LogP contribution in [0, 0.1) is 4.78 Å². The fourth-order valence-electron chi connectivity index (χ4n) is 2.15. The van der Waals surface area contributed by atoms with Gasteiger partial charge in [0.15, 0.2) is 0 Å². The normalized spacial score (nSPS) is 12.1. The third-order valence-corrected chi connectivity index (χ3v) is 3.60. The molecule has 164 valence electrons. The first-order valence-corrected chi connectivity index (χ1v) is 9.17. The van der Waals surface area contributed by atoms with Crippen LogP contribution in [0.3, 0.4) is 0 Å². The SMILES string of the molecule is C/C(=N\OCc1cccc(C(F)(F)F)c1)c1cc(Cl)ccc1C(F)(F)F.N=S(=O)=O. The second-order valence-electron chi connectivity index (χ2n) is 5.57. The first-order valence-electron chi connectivity index (χ1n) is 7.72. The van der Waals surface area contributed by atoms with E-state index in [0.717, 1.165) is 30.3 Å². The Morgan fingerprint density at radius 1 is 1.07 bits per heavy atom. The van der Waals surface area contributed by atoms with E-state index in [9.17, 15) is 26.3 Å². The fourth-order valence-corrected chi connectivity index (χ4v) is 2.33. The summed E-state index contributed by atoms with van der Waals surface area (Å²) in [6.07, 6.45) is -9.12. The van der Waals surface area contributed by atoms with Gasteiger partial charge in [-0.3, -0.25) is 0 Å². The molecule has 0 aliphatic heterocycles. The highest BCUT2D eigenvalue weighted by molar-refractivity contribution is 7.60. The van der Waals surface area contributed by atoms with Crippen LogP contribution in [0.5, 0.6) is 0 Å². The molecule has 0 amide bonds. The Hall–Kier alpha value is -2.60. The number of nitrogens with zero attached hydrogens (tertiary/aromatic N) is 1. The molecule has 2 rings (SSSR count). The van der Waals surface area contributed by atoms with Crippen molar-refractivity contribution < 1.29 is 39.6 Å². The van der Waals surface area contributed by atoms with Gasteiger partial charge in [0.25, 0.3) is 0 Å². The van der Waals surface area contributed by atoms with E-state index in [1.54, 1.807) is 0 Å². The summed E-state index contributed by atoms with van der Waals surface area (Å²) >= 11 is 5.73. The third kappa shape index (κ3) is 8.41. The van der Waals surface area contributed by atoms with Gasteiger partial charge in [-0.1, -0.05) is 28.9 Å². The average Bonchev–Trinajstić information content (AvgIpc) is 2.59. The van der Waals surface area contributed by atoms with E-state index in [1.807, 2.05) is 0 Å². The maximum Gasteiger partial charge on any atom is 0.417 e. The highest BCUT2D eigenvalue weighted by atomic mass is 35.5. The Kier molecular flexibility index (Phi) is 8.85. The number of benzene rings is 2. The summed E-state index contributed by atoms with van der Waals surface area (Å²) in [5.41, 5.74) is -1.99. The van der Waals surface area contributed by atoms with E-state index in [1.165, 1.54) is 19.1 Å². The lowest BCUT2D eigenvalue weighted by Gasteiger charge is -2.13. The minimum absolute atomic E-state index is 0.0837. The van der Waals surface area contributed by atoms with Gasteiger partial charge < -0.3 is 4.84 Å². The van der Waals surface area contributed by atoms with Crippen molar-refractivity contribution in [2.24, 2.45) is 5.16 Å². The summed E-state index contributed by atoms with van der Waals surface area (Å²) in [5.74, 6) is 0. The van der Waals surface area contributed by atoms with Crippen LogP contribution in [0.4, 0.5) is 26.3 Å². The predicted molar refractivity (Wildman–Crippen MR) is 96.5 cm³/mol. The van der Waals surface area contributed by atoms with E-state index in [0.29, 0.717) is 0 Å². The first kappa shape index (κ1) is 25.4. The molecular formula is C17H13ClF6N2O3S. The minimum Gasteiger partial charge on any atom is -0.391 e. The molecule has 0 aromatic heterocycles. The van der Waals surface area contributed by atoms with E-state index >= 15 is 0 Å². The van der Waals surface area contributed by atoms with Crippen molar-refractivity contribution in [2.75, 3.05) is 0 Å². The van der Waals surface area contributed by atoms with E-state index in [2.05, 4.69) is 5.16 Å². The molecule has 30 heavy (non-hydrogen) atoms. The van der Waals surface area contributed by atoms with Gasteiger partial charge in [-0.25, -0.2) is 0 Å². The monoisotopic (exact) mass is 474 g/mol. The number of oxime groups is 1. The summed E-state index contributed by atoms with van der Waals surface area (Å²) in [4.78, 5) is 4.92. The van der Waals surface area contributed by atoms with Crippen LogP contribution in [0.2, 0.25) is 5.02 Å². The smallest absolute Gasteiger partial charge is 0.391 e. The quantitative estimate of drug-likeness (QED) is 0.338. The lowest BCUT2D eigenvalue weighted by Crippen LogP contribution is -2.12. The molecule has 0 saturated heterocycles. The first-order chi connectivity index (χ1) is 13.7. The average molecular weight is 475 g/mol. The van der Waals surface area contributed by atoms with Gasteiger partial charge in [-0.05, 0) is 42.8 Å². The third-order valence-electron chi connectivity index (χ3n) is 3.36. The number of halogens is 7. The maximum atomic E-state index is 13.0. The van der Waals surface area contributed by atoms with Gasteiger partial charge in [0.2, 0.25) is 0 Å². The number of rotatable bonds is 4. The van der Waals surface area contributed by atoms with Crippen molar-refractivity contribution >= 4 is 27.8 Å². The lowest BCUT2D eigenvalue weighted by molar-refractivity contribution is -0.138. The highest BCUT2D eigenvalue weighted by Crippen LogP contribution is 2.34. The van der Waals surface area contributed by atoms with Crippen LogP contribution in [0.25, 0.3) is 0 Å². The van der Waals surface area contributed by atoms with Gasteiger partial charge >= 0.3 is 22.9 Å². The van der Waals surface area contributed by atoms with Crippen LogP contribution in [-0.4, -0.2) is 14.1 Å². The summed E-state index contributed by atoms with van der Waals surface area (Å²) in [7, 11) is -2.61. The molecule has 0 radical (unpaired) electrons. The molecule has 0 bridgehead atoms. The summed E-state index contributed by atoms with van der Waals surface area (Å²) in [6.45, 7) is 0.955. The number of hydrogen-bond donors (Lipinski definition) is 1. The Morgan fingerprint density at radius 3 is 2.20 bits per heavy atom. The lowest BCUT2D eigenvalue weighted by atomic mass is 10.0. The Morgan fingerprint density at radius 2 is 1.67 bits per heavy atom. The standard InChI is InChI=1S/C17H12ClF6NO.HNO2S/c1-10(14-8-13(18)5-6-15(14)17(22,23)24)25-26-9-11-3-2-4-12(7-11)16(19,20)21;1-4(2)3/h2-8H,9H2,1H3;1H/b25-10+;. The molecule has 0 aliphatic rings. The highest BCUT2D eigenvalue weighted by Gasteiger charge is 2.34. The molecule has 13 heteroatoms. The molecule has 2 aromatic rings. The largest absolute Gasteiger partial charge is 0.417 e. The van der Waals surface area contributed by atoms with E-state index < -0.39 is 34.0 Å². The zero-order valence-corrected chi connectivity index (χ0v) is 16.5. The van der Waals surface area contributed by atoms with Crippen LogP contribution in [-0.2, 0) is 34.3 Å². The van der Waals surface area contributed by atoms with E-state index in [4.69, 9.17) is 29.6 Å². The molecule has 0 spiro atoms. The summed E-state index contributed by atoms with van der Waals surface area (Å²) in [6, 6.07) is 7.40. The summed E-state index contributed by atoms with van der Waals surface area (Å²) < 4.78 is 99.9. The van der Waals surface area contributed by atoms with E-state index in [-0.39, 0.29) is 28.5 Å². The van der Waals surface area contributed by atoms with Crippen LogP contribution < -0.4 is 0 Å². The van der Waals surface area contributed by atoms with Gasteiger partial charge in [-0.15, -0.1) is 0 Å². The molecule has 0 fully saturated rings. The van der Waals surface area contributed by atoms with Crippen molar-refractivity contribution in [3.8, 4) is 0 Å². The fraction of sp³-hybridized carbons (Fsp3) is 0.235. The molecule has 0 aliphatic carbocycles. The van der Waals surface area contributed by atoms with Crippen molar-refractivity contribution in [2.45, 2.75) is 25.9 Å². The molecule has 0 atom stereocenters. The molecule has 0 heterocycles. The Balaban J connectivity index is 0.00000103. The zero-order valence-electron chi connectivity index (χ0n) is 15.0. The van der Waals surface area contributed by atoms with Crippen molar-refractivity contribution in [1.82, 2.24) is 0 Å². The molecule has 1 N–H and O–H groups in total. The van der Waals surface area contributed by atoms with Gasteiger partial charge in [0.05, 0.1) is 16.8 Å². The number of nitrogens with one attached hydrogen (secondary N) is 1. The molecular weight excluding hydrogens is 462 g/mol. The Bertz CT molecular complexity index is 1010. The topological polar surface area (TPSA) is 79.6 Å². The molecule has 5 nitrogen and oxygen atoms in total. The number of alkyl halides is 6. The summed E-state index contributed by atoms with van der Waals surface area (Å²) in [5, 5.41) is 3.66. The minimum atomic E-state index is -4.61. The predicted octanol–water partition coefficient (Wildman–Crippen LogP) is 5.95. The van der Waals surface area contributed by atoms with Gasteiger partial charge in [-0.2, -0.15) is 39.5 Å². The molecule has 2 aromatic carbocycles. The molecule has 0 saturated carbocycles. The Labute approximate surface area is 173 Å². The van der Waals surface area contributed by atoms with Crippen molar-refractivity contribution in [1.29, 1.82) is 4.78 Å². The van der Waals surface area contributed by atoms with Gasteiger partial charge in [0.1, 0.15) is 6.61 Å². The zero-order chi connectivity index (χ0) is 23.1. The van der Waals surface area contributed by atoms with Gasteiger partial charge in [0, 0.05) is 10.6 Å². The van der Waals surface area contributed by atoms with Crippen molar-refractivity contribution in [3.05, 3.63) is 69.7 Å². The molecule has 0 unspecified atom stereocenters. The van der Waals surface area contributed by atoms with Crippen LogP contribution in [0.15, 0.2) is 47.6 Å².